The molecule has 2 aromatic carbocycles. The van der Waals surface area contributed by atoms with E-state index >= 15 is 0 Å². The highest BCUT2D eigenvalue weighted by Crippen LogP contribution is 2.22. The summed E-state index contributed by atoms with van der Waals surface area (Å²) in [4.78, 5) is 0. The van der Waals surface area contributed by atoms with Gasteiger partial charge in [0, 0.05) is 0 Å². The van der Waals surface area contributed by atoms with E-state index in [1.807, 2.05) is 6.07 Å². The molecule has 0 aliphatic heterocycles. The molecule has 0 atom stereocenters. The van der Waals surface area contributed by atoms with Gasteiger partial charge in [0.25, 0.3) is 0 Å². The topological polar surface area (TPSA) is 52.5 Å². The minimum Gasteiger partial charge on any atom is -0.508 e. The summed E-state index contributed by atoms with van der Waals surface area (Å²) in [5.74, 6) is 0.247. The molecular formula is C10H9NO2. The third kappa shape index (κ3) is 1.41. The lowest BCUT2D eigenvalue weighted by atomic mass is 10.1. The molecule has 0 spiro atoms. The monoisotopic (exact) mass is 175 g/mol. The lowest BCUT2D eigenvalue weighted by Crippen LogP contribution is -1.87. The van der Waals surface area contributed by atoms with Crippen molar-refractivity contribution >= 4 is 16.5 Å². The first kappa shape index (κ1) is 7.89. The number of aromatic hydroxyl groups is 1. The Morgan fingerprint density at radius 2 is 1.62 bits per heavy atom. The second-order valence-electron chi connectivity index (χ2n) is 2.86. The molecule has 66 valence electrons. The lowest BCUT2D eigenvalue weighted by molar-refractivity contribution is 0.389. The SMILES string of the molecule is ONc1ccc2cc(O)ccc2c1. The van der Waals surface area contributed by atoms with Gasteiger partial charge in [-0.05, 0) is 35.0 Å². The van der Waals surface area contributed by atoms with Crippen molar-refractivity contribution in [2.45, 2.75) is 0 Å². The predicted octanol–water partition coefficient (Wildman–Crippen LogP) is 2.35. The zero-order chi connectivity index (χ0) is 9.26. The highest BCUT2D eigenvalue weighted by atomic mass is 16.5. The molecule has 0 radical (unpaired) electrons. The average Bonchev–Trinajstić information content (AvgIpc) is 2.17. The summed E-state index contributed by atoms with van der Waals surface area (Å²) >= 11 is 0. The molecule has 2 aromatic rings. The van der Waals surface area contributed by atoms with Crippen molar-refractivity contribution in [1.29, 1.82) is 0 Å². The predicted molar refractivity (Wildman–Crippen MR) is 51.0 cm³/mol. The molecule has 2 rings (SSSR count). The van der Waals surface area contributed by atoms with Crippen molar-refractivity contribution in [3.05, 3.63) is 36.4 Å². The van der Waals surface area contributed by atoms with Crippen LogP contribution in [0.3, 0.4) is 0 Å². The third-order valence-corrected chi connectivity index (χ3v) is 1.95. The molecule has 0 aromatic heterocycles. The number of nitrogens with one attached hydrogen (secondary N) is 1. The second-order valence-corrected chi connectivity index (χ2v) is 2.86. The standard InChI is InChI=1S/C10H9NO2/c12-10-4-2-7-5-9(11-13)3-1-8(7)6-10/h1-6,11-13H. The van der Waals surface area contributed by atoms with E-state index in [1.54, 1.807) is 30.3 Å². The first-order chi connectivity index (χ1) is 6.29. The zero-order valence-electron chi connectivity index (χ0n) is 6.86. The van der Waals surface area contributed by atoms with Gasteiger partial charge in [-0.3, -0.25) is 10.7 Å². The number of hydrogen-bond acceptors (Lipinski definition) is 3. The summed E-state index contributed by atoms with van der Waals surface area (Å²) in [6, 6.07) is 10.5. The lowest BCUT2D eigenvalue weighted by Gasteiger charge is -2.01. The first-order valence-corrected chi connectivity index (χ1v) is 3.92. The van der Waals surface area contributed by atoms with Crippen LogP contribution in [0, 0.1) is 0 Å². The fourth-order valence-electron chi connectivity index (χ4n) is 1.30. The summed E-state index contributed by atoms with van der Waals surface area (Å²) in [6.07, 6.45) is 0. The molecule has 13 heavy (non-hydrogen) atoms. The number of hydrogen-bond donors (Lipinski definition) is 3. The van der Waals surface area contributed by atoms with Gasteiger partial charge in [0.2, 0.25) is 0 Å². The van der Waals surface area contributed by atoms with Gasteiger partial charge in [-0.25, -0.2) is 0 Å². The van der Waals surface area contributed by atoms with Crippen LogP contribution >= 0.6 is 0 Å². The van der Waals surface area contributed by atoms with Gasteiger partial charge >= 0.3 is 0 Å². The molecule has 3 heteroatoms. The van der Waals surface area contributed by atoms with Crippen LogP contribution in [0.2, 0.25) is 0 Å². The number of anilines is 1. The minimum absolute atomic E-state index is 0.247. The molecule has 0 aliphatic carbocycles. The Kier molecular flexibility index (Phi) is 1.79. The molecule has 0 saturated heterocycles. The van der Waals surface area contributed by atoms with E-state index in [9.17, 15) is 5.11 Å². The van der Waals surface area contributed by atoms with Crippen molar-refractivity contribution in [3.8, 4) is 5.75 Å². The smallest absolute Gasteiger partial charge is 0.116 e. The maximum atomic E-state index is 9.19. The van der Waals surface area contributed by atoms with Gasteiger partial charge in [0.05, 0.1) is 5.69 Å². The van der Waals surface area contributed by atoms with Gasteiger partial charge < -0.3 is 5.11 Å². The highest BCUT2D eigenvalue weighted by molar-refractivity contribution is 5.86. The van der Waals surface area contributed by atoms with Crippen LogP contribution in [-0.2, 0) is 0 Å². The summed E-state index contributed by atoms with van der Waals surface area (Å²) in [6.45, 7) is 0. The molecule has 0 aliphatic rings. The largest absolute Gasteiger partial charge is 0.508 e. The number of phenols is 1. The molecule has 0 fully saturated rings. The Labute approximate surface area is 75.2 Å². The molecule has 0 bridgehead atoms. The van der Waals surface area contributed by atoms with Crippen LogP contribution in [0.4, 0.5) is 5.69 Å². The molecule has 3 N–H and O–H groups in total. The van der Waals surface area contributed by atoms with E-state index in [1.165, 1.54) is 0 Å². The average molecular weight is 175 g/mol. The molecule has 0 saturated carbocycles. The van der Waals surface area contributed by atoms with Gasteiger partial charge in [-0.1, -0.05) is 12.1 Å². The van der Waals surface area contributed by atoms with Crippen molar-refractivity contribution in [2.24, 2.45) is 0 Å². The Morgan fingerprint density at radius 3 is 2.38 bits per heavy atom. The summed E-state index contributed by atoms with van der Waals surface area (Å²) in [7, 11) is 0. The van der Waals surface area contributed by atoms with Gasteiger partial charge in [-0.2, -0.15) is 0 Å². The summed E-state index contributed by atoms with van der Waals surface area (Å²) in [5.41, 5.74) is 2.71. The fourth-order valence-corrected chi connectivity index (χ4v) is 1.30. The van der Waals surface area contributed by atoms with E-state index in [4.69, 9.17) is 5.21 Å². The molecule has 3 nitrogen and oxygen atoms in total. The Bertz CT molecular complexity index is 440. The Balaban J connectivity index is 2.66. The summed E-state index contributed by atoms with van der Waals surface area (Å²) < 4.78 is 0. The number of benzene rings is 2. The maximum Gasteiger partial charge on any atom is 0.116 e. The normalized spacial score (nSPS) is 10.2. The van der Waals surface area contributed by atoms with Gasteiger partial charge in [-0.15, -0.1) is 0 Å². The zero-order valence-corrected chi connectivity index (χ0v) is 6.86. The van der Waals surface area contributed by atoms with Crippen LogP contribution in [0.15, 0.2) is 36.4 Å². The van der Waals surface area contributed by atoms with Crippen molar-refractivity contribution in [3.63, 3.8) is 0 Å². The van der Waals surface area contributed by atoms with Crippen molar-refractivity contribution in [2.75, 3.05) is 5.48 Å². The minimum atomic E-state index is 0.247. The summed E-state index contributed by atoms with van der Waals surface area (Å²) in [5, 5.41) is 19.8. The van der Waals surface area contributed by atoms with Crippen LogP contribution in [-0.4, -0.2) is 10.3 Å². The van der Waals surface area contributed by atoms with E-state index in [0.717, 1.165) is 10.8 Å². The van der Waals surface area contributed by atoms with Crippen LogP contribution in [0.25, 0.3) is 10.8 Å². The van der Waals surface area contributed by atoms with Gasteiger partial charge in [0.15, 0.2) is 0 Å². The van der Waals surface area contributed by atoms with Crippen LogP contribution in [0.5, 0.6) is 5.75 Å². The first-order valence-electron chi connectivity index (χ1n) is 3.92. The third-order valence-electron chi connectivity index (χ3n) is 1.95. The maximum absolute atomic E-state index is 9.19. The quantitative estimate of drug-likeness (QED) is 0.583. The molecule has 0 heterocycles. The van der Waals surface area contributed by atoms with E-state index in [0.29, 0.717) is 5.69 Å². The van der Waals surface area contributed by atoms with E-state index in [-0.39, 0.29) is 5.75 Å². The number of fused-ring (bicyclic) bond motifs is 1. The van der Waals surface area contributed by atoms with E-state index < -0.39 is 0 Å². The second kappa shape index (κ2) is 2.95. The number of phenolic OH excluding ortho intramolecular Hbond substituents is 1. The Hall–Kier alpha value is -1.74. The highest BCUT2D eigenvalue weighted by Gasteiger charge is 1.96. The Morgan fingerprint density at radius 1 is 0.923 bits per heavy atom. The van der Waals surface area contributed by atoms with Crippen molar-refractivity contribution < 1.29 is 10.3 Å². The fraction of sp³-hybridized carbons (Fsp3) is 0. The number of rotatable bonds is 1. The molecular weight excluding hydrogens is 166 g/mol. The molecule has 0 amide bonds. The van der Waals surface area contributed by atoms with Crippen LogP contribution < -0.4 is 5.48 Å². The van der Waals surface area contributed by atoms with Gasteiger partial charge in [0.1, 0.15) is 5.75 Å². The van der Waals surface area contributed by atoms with Crippen molar-refractivity contribution in [1.82, 2.24) is 0 Å². The van der Waals surface area contributed by atoms with Crippen LogP contribution in [0.1, 0.15) is 0 Å². The molecule has 0 unspecified atom stereocenters. The van der Waals surface area contributed by atoms with E-state index in [2.05, 4.69) is 5.48 Å².